The first-order valence-electron chi connectivity index (χ1n) is 10.3. The van der Waals surface area contributed by atoms with Crippen LogP contribution in [0.3, 0.4) is 0 Å². The Hall–Kier alpha value is -1.94. The van der Waals surface area contributed by atoms with Crippen LogP contribution in [0.2, 0.25) is 0 Å². The lowest BCUT2D eigenvalue weighted by Crippen LogP contribution is -2.56. The van der Waals surface area contributed by atoms with Gasteiger partial charge >= 0.3 is 0 Å². The van der Waals surface area contributed by atoms with Crippen molar-refractivity contribution in [1.29, 1.82) is 0 Å². The number of allylic oxidation sites excluding steroid dienone is 1. The summed E-state index contributed by atoms with van der Waals surface area (Å²) in [5, 5.41) is 16.2. The standard InChI is InChI=1S/C24H32N2O2/c1-21(2)13-23(5)12-16-11-22(3,4)20(26-25-17-9-7-6-8-10-17)19(27)18(16)24(28,14-21)15-23/h6-10,25,28H,11-15H2,1-5H3/t23-,24-/m1/s1. The Morgan fingerprint density at radius 1 is 0.964 bits per heavy atom. The summed E-state index contributed by atoms with van der Waals surface area (Å²) >= 11 is 0. The Morgan fingerprint density at radius 2 is 1.64 bits per heavy atom. The first kappa shape index (κ1) is 19.4. The van der Waals surface area contributed by atoms with Crippen LogP contribution >= 0.6 is 0 Å². The highest BCUT2D eigenvalue weighted by molar-refractivity contribution is 6.49. The predicted molar refractivity (Wildman–Crippen MR) is 113 cm³/mol. The number of hydrazone groups is 1. The SMILES string of the molecule is CC1(C)C[C@@]2(C)CC3=C(C(=O)C(=NNc4ccccc4)C(C)(C)C3)[C@@](O)(C1)C2. The van der Waals surface area contributed by atoms with Crippen LogP contribution in [0.5, 0.6) is 0 Å². The van der Waals surface area contributed by atoms with Crippen molar-refractivity contribution in [1.82, 2.24) is 0 Å². The van der Waals surface area contributed by atoms with Crippen LogP contribution in [0, 0.1) is 16.2 Å². The minimum atomic E-state index is -1.04. The second-order valence-corrected chi connectivity index (χ2v) is 11.0. The van der Waals surface area contributed by atoms with Crippen molar-refractivity contribution < 1.29 is 9.90 Å². The second-order valence-electron chi connectivity index (χ2n) is 11.0. The second kappa shape index (κ2) is 6.03. The Bertz CT molecular complexity index is 881. The molecule has 0 radical (unpaired) electrons. The number of carbonyl (C=O) groups is 1. The molecule has 0 aliphatic heterocycles. The Kier molecular flexibility index (Phi) is 4.17. The average Bonchev–Trinajstić information content (AvgIpc) is 2.50. The zero-order valence-corrected chi connectivity index (χ0v) is 17.7. The molecule has 3 aliphatic rings. The van der Waals surface area contributed by atoms with E-state index in [4.69, 9.17) is 0 Å². The van der Waals surface area contributed by atoms with E-state index in [0.717, 1.165) is 30.5 Å². The molecule has 4 rings (SSSR count). The molecule has 0 aromatic heterocycles. The van der Waals surface area contributed by atoms with Crippen LogP contribution < -0.4 is 5.43 Å². The van der Waals surface area contributed by atoms with E-state index in [1.165, 1.54) is 0 Å². The fraction of sp³-hybridized carbons (Fsp3) is 0.583. The summed E-state index contributed by atoms with van der Waals surface area (Å²) in [5.74, 6) is -0.0723. The molecule has 1 aromatic rings. The zero-order valence-electron chi connectivity index (χ0n) is 17.7. The van der Waals surface area contributed by atoms with Crippen molar-refractivity contribution >= 4 is 17.2 Å². The number of hydrogen-bond acceptors (Lipinski definition) is 4. The third kappa shape index (κ3) is 3.22. The van der Waals surface area contributed by atoms with E-state index in [0.29, 0.717) is 24.1 Å². The largest absolute Gasteiger partial charge is 0.385 e. The number of anilines is 1. The highest BCUT2D eigenvalue weighted by Gasteiger charge is 2.58. The molecule has 2 N–H and O–H groups in total. The van der Waals surface area contributed by atoms with Gasteiger partial charge in [0, 0.05) is 11.0 Å². The van der Waals surface area contributed by atoms with Crippen molar-refractivity contribution in [3.05, 3.63) is 41.5 Å². The van der Waals surface area contributed by atoms with Crippen molar-refractivity contribution in [3.8, 4) is 0 Å². The normalized spacial score (nSPS) is 34.9. The number of para-hydroxylation sites is 1. The van der Waals surface area contributed by atoms with Gasteiger partial charge in [0.15, 0.2) is 0 Å². The number of Topliss-reactive ketones (excluding diaryl/α,β-unsaturated/α-hetero) is 1. The number of aliphatic hydroxyl groups is 1. The summed E-state index contributed by atoms with van der Waals surface area (Å²) in [4.78, 5) is 13.6. The lowest BCUT2D eigenvalue weighted by Gasteiger charge is -2.57. The number of hydrogen-bond donors (Lipinski definition) is 2. The first-order valence-corrected chi connectivity index (χ1v) is 10.3. The molecule has 28 heavy (non-hydrogen) atoms. The molecule has 0 heterocycles. The Balaban J connectivity index is 1.76. The Labute approximate surface area is 168 Å². The summed E-state index contributed by atoms with van der Waals surface area (Å²) in [6, 6.07) is 9.68. The van der Waals surface area contributed by atoms with Gasteiger partial charge < -0.3 is 5.11 Å². The lowest BCUT2D eigenvalue weighted by atomic mass is 9.49. The van der Waals surface area contributed by atoms with Crippen molar-refractivity contribution in [3.63, 3.8) is 0 Å². The van der Waals surface area contributed by atoms with Crippen LogP contribution in [0.1, 0.15) is 66.7 Å². The first-order chi connectivity index (χ1) is 12.9. The van der Waals surface area contributed by atoms with Crippen LogP contribution in [-0.2, 0) is 4.79 Å². The third-order valence-electron chi connectivity index (χ3n) is 6.66. The summed E-state index contributed by atoms with van der Waals surface area (Å²) < 4.78 is 0. The molecule has 4 nitrogen and oxygen atoms in total. The maximum absolute atomic E-state index is 13.6. The number of rotatable bonds is 2. The van der Waals surface area contributed by atoms with E-state index in [1.807, 2.05) is 30.3 Å². The molecule has 1 fully saturated rings. The molecule has 0 saturated heterocycles. The van der Waals surface area contributed by atoms with E-state index in [9.17, 15) is 9.90 Å². The molecule has 1 aromatic carbocycles. The van der Waals surface area contributed by atoms with Gasteiger partial charge in [0.1, 0.15) is 5.71 Å². The molecule has 2 bridgehead atoms. The number of benzene rings is 1. The minimum absolute atomic E-state index is 0.0210. The van der Waals surface area contributed by atoms with Crippen molar-refractivity contribution in [2.45, 2.75) is 72.3 Å². The molecule has 0 spiro atoms. The van der Waals surface area contributed by atoms with Crippen LogP contribution in [0.25, 0.3) is 0 Å². The third-order valence-corrected chi connectivity index (χ3v) is 6.66. The van der Waals surface area contributed by atoms with Gasteiger partial charge in [0.25, 0.3) is 0 Å². The molecule has 1 saturated carbocycles. The fourth-order valence-electron chi connectivity index (χ4n) is 6.48. The van der Waals surface area contributed by atoms with Gasteiger partial charge in [-0.3, -0.25) is 10.2 Å². The predicted octanol–water partition coefficient (Wildman–Crippen LogP) is 5.10. The van der Waals surface area contributed by atoms with E-state index in [-0.39, 0.29) is 22.0 Å². The Morgan fingerprint density at radius 3 is 2.32 bits per heavy atom. The maximum atomic E-state index is 13.6. The lowest BCUT2D eigenvalue weighted by molar-refractivity contribution is -0.119. The molecule has 4 heteroatoms. The van der Waals surface area contributed by atoms with Gasteiger partial charge in [-0.2, -0.15) is 5.10 Å². The fourth-order valence-corrected chi connectivity index (χ4v) is 6.48. The van der Waals surface area contributed by atoms with Gasteiger partial charge in [-0.15, -0.1) is 0 Å². The van der Waals surface area contributed by atoms with Gasteiger partial charge in [-0.25, -0.2) is 0 Å². The summed E-state index contributed by atoms with van der Waals surface area (Å²) in [6.07, 6.45) is 4.09. The van der Waals surface area contributed by atoms with E-state index >= 15 is 0 Å². The quantitative estimate of drug-likeness (QED) is 0.702. The topological polar surface area (TPSA) is 61.7 Å². The highest BCUT2D eigenvalue weighted by atomic mass is 16.3. The molecule has 2 atom stereocenters. The molecule has 3 aliphatic carbocycles. The van der Waals surface area contributed by atoms with E-state index in [1.54, 1.807) is 0 Å². The summed E-state index contributed by atoms with van der Waals surface area (Å²) in [5.41, 5.74) is 4.91. The smallest absolute Gasteiger partial charge is 0.208 e. The minimum Gasteiger partial charge on any atom is -0.385 e. The van der Waals surface area contributed by atoms with Gasteiger partial charge in [-0.05, 0) is 55.1 Å². The summed E-state index contributed by atoms with van der Waals surface area (Å²) in [7, 11) is 0. The van der Waals surface area contributed by atoms with E-state index < -0.39 is 5.60 Å². The average molecular weight is 381 g/mol. The van der Waals surface area contributed by atoms with Crippen LogP contribution in [-0.4, -0.2) is 22.2 Å². The molecular formula is C24H32N2O2. The molecule has 0 amide bonds. The monoisotopic (exact) mass is 380 g/mol. The maximum Gasteiger partial charge on any atom is 0.208 e. The summed E-state index contributed by atoms with van der Waals surface area (Å²) in [6.45, 7) is 10.9. The van der Waals surface area contributed by atoms with Crippen molar-refractivity contribution in [2.24, 2.45) is 21.3 Å². The zero-order chi connectivity index (χ0) is 20.4. The number of carbonyl (C=O) groups excluding carboxylic acids is 1. The molecule has 0 unspecified atom stereocenters. The number of nitrogens with zero attached hydrogens (tertiary/aromatic N) is 1. The highest BCUT2D eigenvalue weighted by Crippen LogP contribution is 2.61. The van der Waals surface area contributed by atoms with Gasteiger partial charge in [-0.1, -0.05) is 58.4 Å². The number of ketones is 1. The molecule has 150 valence electrons. The van der Waals surface area contributed by atoms with Crippen LogP contribution in [0.15, 0.2) is 46.6 Å². The molecular weight excluding hydrogens is 348 g/mol. The van der Waals surface area contributed by atoms with Crippen molar-refractivity contribution in [2.75, 3.05) is 5.43 Å². The number of fused-ring (bicyclic) bond motifs is 3. The number of nitrogens with one attached hydrogen (secondary N) is 1. The van der Waals surface area contributed by atoms with Gasteiger partial charge in [0.2, 0.25) is 5.78 Å². The van der Waals surface area contributed by atoms with Crippen LogP contribution in [0.4, 0.5) is 5.69 Å². The van der Waals surface area contributed by atoms with Gasteiger partial charge in [0.05, 0.1) is 11.3 Å². The van der Waals surface area contributed by atoms with E-state index in [2.05, 4.69) is 45.1 Å².